The predicted molar refractivity (Wildman–Crippen MR) is 67.0 cm³/mol. The number of benzene rings is 1. The fourth-order valence-electron chi connectivity index (χ4n) is 2.19. The van der Waals surface area contributed by atoms with Crippen LogP contribution in [0.15, 0.2) is 34.9 Å². The number of likely N-dealkylation sites (tertiary alicyclic amines) is 1. The van der Waals surface area contributed by atoms with E-state index in [9.17, 15) is 10.2 Å². The van der Waals surface area contributed by atoms with Gasteiger partial charge in [-0.05, 0) is 0 Å². The summed E-state index contributed by atoms with van der Waals surface area (Å²) in [5.74, 6) is 1.04. The van der Waals surface area contributed by atoms with Gasteiger partial charge in [-0.1, -0.05) is 35.5 Å². The zero-order valence-electron chi connectivity index (χ0n) is 10.3. The van der Waals surface area contributed by atoms with Crippen molar-refractivity contribution in [3.05, 3.63) is 36.2 Å². The number of aromatic nitrogens is 2. The Kier molecular flexibility index (Phi) is 3.29. The van der Waals surface area contributed by atoms with Crippen LogP contribution in [-0.4, -0.2) is 50.6 Å². The molecule has 2 atom stereocenters. The lowest BCUT2D eigenvalue weighted by molar-refractivity contribution is 0.0572. The summed E-state index contributed by atoms with van der Waals surface area (Å²) in [5.41, 5.74) is 0.902. The second kappa shape index (κ2) is 5.08. The van der Waals surface area contributed by atoms with E-state index in [1.165, 1.54) is 0 Å². The van der Waals surface area contributed by atoms with Gasteiger partial charge in [0.05, 0.1) is 18.8 Å². The molecular formula is C13H15N3O3. The lowest BCUT2D eigenvalue weighted by Gasteiger charge is -2.10. The van der Waals surface area contributed by atoms with E-state index in [1.807, 2.05) is 35.2 Å². The molecule has 1 aliphatic rings. The fraction of sp³-hybridized carbons (Fsp3) is 0.385. The van der Waals surface area contributed by atoms with Crippen LogP contribution in [0.5, 0.6) is 0 Å². The van der Waals surface area contributed by atoms with Crippen LogP contribution in [0.25, 0.3) is 11.4 Å². The summed E-state index contributed by atoms with van der Waals surface area (Å²) in [5, 5.41) is 22.9. The van der Waals surface area contributed by atoms with Gasteiger partial charge in [0, 0.05) is 18.7 Å². The van der Waals surface area contributed by atoms with Gasteiger partial charge in [-0.3, -0.25) is 4.90 Å². The summed E-state index contributed by atoms with van der Waals surface area (Å²) < 4.78 is 5.19. The molecule has 6 nitrogen and oxygen atoms in total. The number of β-amino-alcohol motifs (C(OH)–C–C–N with tert-alkyl or cyclic N) is 2. The molecular weight excluding hydrogens is 246 g/mol. The molecule has 0 bridgehead atoms. The number of rotatable bonds is 3. The zero-order valence-corrected chi connectivity index (χ0v) is 10.3. The van der Waals surface area contributed by atoms with Gasteiger partial charge >= 0.3 is 0 Å². The Hall–Kier alpha value is -1.76. The first-order valence-electron chi connectivity index (χ1n) is 6.19. The van der Waals surface area contributed by atoms with Gasteiger partial charge in [0.15, 0.2) is 0 Å². The maximum absolute atomic E-state index is 9.47. The van der Waals surface area contributed by atoms with Gasteiger partial charge < -0.3 is 14.7 Å². The van der Waals surface area contributed by atoms with Crippen LogP contribution < -0.4 is 0 Å². The molecule has 1 aromatic carbocycles. The van der Waals surface area contributed by atoms with E-state index in [4.69, 9.17) is 4.52 Å². The van der Waals surface area contributed by atoms with Crippen molar-refractivity contribution < 1.29 is 14.7 Å². The minimum absolute atomic E-state index is 0.421. The Morgan fingerprint density at radius 1 is 1.16 bits per heavy atom. The van der Waals surface area contributed by atoms with Crippen molar-refractivity contribution in [3.63, 3.8) is 0 Å². The van der Waals surface area contributed by atoms with Gasteiger partial charge in [0.1, 0.15) is 0 Å². The van der Waals surface area contributed by atoms with Crippen molar-refractivity contribution in [2.75, 3.05) is 13.1 Å². The number of hydrogen-bond acceptors (Lipinski definition) is 6. The molecule has 3 rings (SSSR count). The summed E-state index contributed by atoms with van der Waals surface area (Å²) in [6, 6.07) is 9.59. The lowest BCUT2D eigenvalue weighted by atomic mass is 10.2. The maximum Gasteiger partial charge on any atom is 0.241 e. The average molecular weight is 261 g/mol. The smallest absolute Gasteiger partial charge is 0.241 e. The van der Waals surface area contributed by atoms with Crippen LogP contribution in [0.4, 0.5) is 0 Å². The van der Waals surface area contributed by atoms with Crippen molar-refractivity contribution in [2.45, 2.75) is 18.8 Å². The van der Waals surface area contributed by atoms with E-state index in [0.717, 1.165) is 5.56 Å². The third-order valence-corrected chi connectivity index (χ3v) is 3.19. The highest BCUT2D eigenvalue weighted by Crippen LogP contribution is 2.17. The van der Waals surface area contributed by atoms with Crippen molar-refractivity contribution in [3.8, 4) is 11.4 Å². The van der Waals surface area contributed by atoms with Gasteiger partial charge in [0.2, 0.25) is 11.7 Å². The molecule has 100 valence electrons. The van der Waals surface area contributed by atoms with Crippen LogP contribution in [0, 0.1) is 0 Å². The molecule has 1 fully saturated rings. The molecule has 0 amide bonds. The zero-order chi connectivity index (χ0) is 13.2. The SMILES string of the molecule is O[C@@H]1CN(Cc2nc(-c3ccccc3)no2)C[C@@H]1O. The highest BCUT2D eigenvalue weighted by molar-refractivity contribution is 5.53. The summed E-state index contributed by atoms with van der Waals surface area (Å²) in [4.78, 5) is 6.20. The Labute approximate surface area is 110 Å². The maximum atomic E-state index is 9.47. The first-order valence-corrected chi connectivity index (χ1v) is 6.19. The van der Waals surface area contributed by atoms with Crippen LogP contribution >= 0.6 is 0 Å². The van der Waals surface area contributed by atoms with E-state index in [0.29, 0.717) is 31.3 Å². The van der Waals surface area contributed by atoms with E-state index < -0.39 is 12.2 Å². The molecule has 2 N–H and O–H groups in total. The molecule has 0 aliphatic carbocycles. The molecule has 19 heavy (non-hydrogen) atoms. The molecule has 1 saturated heterocycles. The van der Waals surface area contributed by atoms with Crippen molar-refractivity contribution in [1.29, 1.82) is 0 Å². The first-order chi connectivity index (χ1) is 9.22. The van der Waals surface area contributed by atoms with E-state index in [2.05, 4.69) is 10.1 Å². The minimum Gasteiger partial charge on any atom is -0.389 e. The highest BCUT2D eigenvalue weighted by Gasteiger charge is 2.30. The predicted octanol–water partition coefficient (Wildman–Crippen LogP) is 0.274. The molecule has 0 radical (unpaired) electrons. The number of aliphatic hydroxyl groups excluding tert-OH is 2. The molecule has 2 heterocycles. The molecule has 0 saturated carbocycles. The van der Waals surface area contributed by atoms with Crippen molar-refractivity contribution in [2.24, 2.45) is 0 Å². The summed E-state index contributed by atoms with van der Waals surface area (Å²) in [6.45, 7) is 1.28. The molecule has 1 aliphatic heterocycles. The Bertz CT molecular complexity index is 533. The third kappa shape index (κ3) is 2.65. The quantitative estimate of drug-likeness (QED) is 0.825. The van der Waals surface area contributed by atoms with E-state index >= 15 is 0 Å². The normalized spacial score (nSPS) is 23.9. The first kappa shape index (κ1) is 12.3. The van der Waals surface area contributed by atoms with Crippen LogP contribution in [0.1, 0.15) is 5.89 Å². The van der Waals surface area contributed by atoms with E-state index in [1.54, 1.807) is 0 Å². The summed E-state index contributed by atoms with van der Waals surface area (Å²) >= 11 is 0. The molecule has 0 unspecified atom stereocenters. The van der Waals surface area contributed by atoms with Crippen LogP contribution in [0.3, 0.4) is 0 Å². The minimum atomic E-state index is -0.698. The average Bonchev–Trinajstić information content (AvgIpc) is 2.99. The van der Waals surface area contributed by atoms with E-state index in [-0.39, 0.29) is 0 Å². The summed E-state index contributed by atoms with van der Waals surface area (Å²) in [7, 11) is 0. The monoisotopic (exact) mass is 261 g/mol. The van der Waals surface area contributed by atoms with Gasteiger partial charge in [-0.25, -0.2) is 0 Å². The van der Waals surface area contributed by atoms with Gasteiger partial charge in [-0.15, -0.1) is 0 Å². The molecule has 1 aromatic heterocycles. The Balaban J connectivity index is 1.69. The topological polar surface area (TPSA) is 82.6 Å². The number of nitrogens with zero attached hydrogens (tertiary/aromatic N) is 3. The molecule has 6 heteroatoms. The fourth-order valence-corrected chi connectivity index (χ4v) is 2.19. The van der Waals surface area contributed by atoms with Crippen molar-refractivity contribution >= 4 is 0 Å². The molecule has 0 spiro atoms. The molecule has 2 aromatic rings. The summed E-state index contributed by atoms with van der Waals surface area (Å²) in [6.07, 6.45) is -1.40. The van der Waals surface area contributed by atoms with Crippen LogP contribution in [-0.2, 0) is 6.54 Å². The standard InChI is InChI=1S/C13H15N3O3/c17-10-6-16(7-11(10)18)8-12-14-13(15-19-12)9-4-2-1-3-5-9/h1-5,10-11,17-18H,6-8H2/t10-,11+. The van der Waals surface area contributed by atoms with Crippen LogP contribution in [0.2, 0.25) is 0 Å². The van der Waals surface area contributed by atoms with Gasteiger partial charge in [0.25, 0.3) is 0 Å². The number of aliphatic hydroxyl groups is 2. The second-order valence-corrected chi connectivity index (χ2v) is 4.71. The second-order valence-electron chi connectivity index (χ2n) is 4.71. The van der Waals surface area contributed by atoms with Crippen molar-refractivity contribution in [1.82, 2.24) is 15.0 Å². The Morgan fingerprint density at radius 2 is 1.84 bits per heavy atom. The Morgan fingerprint density at radius 3 is 2.53 bits per heavy atom. The third-order valence-electron chi connectivity index (χ3n) is 3.19. The van der Waals surface area contributed by atoms with Gasteiger partial charge in [-0.2, -0.15) is 4.98 Å². The lowest BCUT2D eigenvalue weighted by Crippen LogP contribution is -2.22. The number of hydrogen-bond donors (Lipinski definition) is 2. The largest absolute Gasteiger partial charge is 0.389 e. The highest BCUT2D eigenvalue weighted by atomic mass is 16.5.